The van der Waals surface area contributed by atoms with Gasteiger partial charge in [0, 0.05) is 22.1 Å². The third kappa shape index (κ3) is 3.38. The maximum atomic E-state index is 12.9. The highest BCUT2D eigenvalue weighted by Gasteiger charge is 2.30. The standard InChI is InChI=1S/C20H15F3O2S/c21-20(22,23)15-5-2-6-16(10-15)26-11-14-9-19(24)25-18-8-13-4-1-3-12(13)7-17(14)18/h2,5-10H,1,3-4,11H2. The smallest absolute Gasteiger partial charge is 0.416 e. The van der Waals surface area contributed by atoms with Crippen LogP contribution in [0.25, 0.3) is 11.0 Å². The molecule has 26 heavy (non-hydrogen) atoms. The van der Waals surface area contributed by atoms with Gasteiger partial charge in [-0.05, 0) is 66.3 Å². The topological polar surface area (TPSA) is 30.2 Å². The molecule has 0 radical (unpaired) electrons. The van der Waals surface area contributed by atoms with E-state index in [1.165, 1.54) is 35.0 Å². The van der Waals surface area contributed by atoms with Crippen LogP contribution in [-0.2, 0) is 24.8 Å². The lowest BCUT2D eigenvalue weighted by Crippen LogP contribution is -2.04. The fourth-order valence-electron chi connectivity index (χ4n) is 3.34. The summed E-state index contributed by atoms with van der Waals surface area (Å²) in [5.74, 6) is 0.405. The van der Waals surface area contributed by atoms with E-state index in [4.69, 9.17) is 4.42 Å². The van der Waals surface area contributed by atoms with Crippen LogP contribution in [-0.4, -0.2) is 0 Å². The quantitative estimate of drug-likeness (QED) is 0.441. The molecule has 3 aromatic rings. The number of thioether (sulfide) groups is 1. The van der Waals surface area contributed by atoms with E-state index < -0.39 is 17.4 Å². The van der Waals surface area contributed by atoms with Gasteiger partial charge in [0.2, 0.25) is 0 Å². The number of fused-ring (bicyclic) bond motifs is 2. The Bertz CT molecular complexity index is 1040. The monoisotopic (exact) mass is 376 g/mol. The maximum Gasteiger partial charge on any atom is 0.416 e. The summed E-state index contributed by atoms with van der Waals surface area (Å²) in [6.45, 7) is 0. The van der Waals surface area contributed by atoms with Gasteiger partial charge >= 0.3 is 11.8 Å². The first-order valence-electron chi connectivity index (χ1n) is 8.29. The van der Waals surface area contributed by atoms with Gasteiger partial charge in [-0.2, -0.15) is 13.2 Å². The molecule has 1 heterocycles. The second kappa shape index (κ2) is 6.50. The third-order valence-corrected chi connectivity index (χ3v) is 5.64. The molecule has 0 unspecified atom stereocenters. The summed E-state index contributed by atoms with van der Waals surface area (Å²) in [7, 11) is 0. The Hall–Kier alpha value is -2.21. The van der Waals surface area contributed by atoms with E-state index in [9.17, 15) is 18.0 Å². The predicted octanol–water partition coefficient (Wildman–Crippen LogP) is 5.59. The Morgan fingerprint density at radius 1 is 1.04 bits per heavy atom. The summed E-state index contributed by atoms with van der Waals surface area (Å²) < 4.78 is 43.9. The molecule has 0 fully saturated rings. The summed E-state index contributed by atoms with van der Waals surface area (Å²) in [5.41, 5.74) is 2.71. The largest absolute Gasteiger partial charge is 0.423 e. The molecule has 2 nitrogen and oxygen atoms in total. The first-order valence-corrected chi connectivity index (χ1v) is 9.27. The van der Waals surface area contributed by atoms with Crippen LogP contribution in [0.2, 0.25) is 0 Å². The van der Waals surface area contributed by atoms with Crippen LogP contribution < -0.4 is 5.63 Å². The Labute approximate surface area is 152 Å². The van der Waals surface area contributed by atoms with Gasteiger partial charge in [0.15, 0.2) is 0 Å². The number of rotatable bonds is 3. The van der Waals surface area contributed by atoms with E-state index in [0.717, 1.165) is 42.3 Å². The van der Waals surface area contributed by atoms with Crippen molar-refractivity contribution < 1.29 is 17.6 Å². The van der Waals surface area contributed by atoms with Gasteiger partial charge in [-0.1, -0.05) is 6.07 Å². The summed E-state index contributed by atoms with van der Waals surface area (Å²) in [5, 5.41) is 0.865. The summed E-state index contributed by atoms with van der Waals surface area (Å²) in [6, 6.07) is 10.7. The van der Waals surface area contributed by atoms with E-state index in [1.54, 1.807) is 6.07 Å². The highest BCUT2D eigenvalue weighted by atomic mass is 32.2. The molecule has 1 aliphatic carbocycles. The normalized spacial score (nSPS) is 14.0. The van der Waals surface area contributed by atoms with Crippen LogP contribution in [0, 0.1) is 0 Å². The average molecular weight is 376 g/mol. The molecule has 0 amide bonds. The number of hydrogen-bond acceptors (Lipinski definition) is 3. The SMILES string of the molecule is O=c1cc(CSc2cccc(C(F)(F)F)c2)c2cc3c(cc2o1)CCC3. The van der Waals surface area contributed by atoms with Crippen molar-refractivity contribution in [2.24, 2.45) is 0 Å². The lowest BCUT2D eigenvalue weighted by Gasteiger charge is -2.10. The lowest BCUT2D eigenvalue weighted by atomic mass is 10.0. The molecular weight excluding hydrogens is 361 g/mol. The predicted molar refractivity (Wildman–Crippen MR) is 95.5 cm³/mol. The molecule has 4 rings (SSSR count). The van der Waals surface area contributed by atoms with Gasteiger partial charge in [-0.25, -0.2) is 4.79 Å². The number of benzene rings is 2. The van der Waals surface area contributed by atoms with Crippen molar-refractivity contribution in [3.63, 3.8) is 0 Å². The number of aryl methyl sites for hydroxylation is 2. The average Bonchev–Trinajstić information content (AvgIpc) is 3.04. The molecule has 0 spiro atoms. The van der Waals surface area contributed by atoms with Crippen molar-refractivity contribution in [3.8, 4) is 0 Å². The Balaban J connectivity index is 1.66. The fraction of sp³-hybridized carbons (Fsp3) is 0.250. The van der Waals surface area contributed by atoms with E-state index in [-0.39, 0.29) is 0 Å². The molecule has 0 saturated heterocycles. The molecule has 0 aliphatic heterocycles. The summed E-state index contributed by atoms with van der Waals surface area (Å²) >= 11 is 1.28. The lowest BCUT2D eigenvalue weighted by molar-refractivity contribution is -0.137. The number of alkyl halides is 3. The van der Waals surface area contributed by atoms with E-state index in [1.807, 2.05) is 6.07 Å². The maximum absolute atomic E-state index is 12.9. The molecule has 0 bridgehead atoms. The van der Waals surface area contributed by atoms with Gasteiger partial charge in [-0.3, -0.25) is 0 Å². The van der Waals surface area contributed by atoms with Gasteiger partial charge in [0.1, 0.15) is 5.58 Å². The molecule has 1 aliphatic rings. The number of halogens is 3. The summed E-state index contributed by atoms with van der Waals surface area (Å²) in [4.78, 5) is 12.4. The zero-order valence-corrected chi connectivity index (χ0v) is 14.5. The Kier molecular flexibility index (Phi) is 4.31. The molecule has 1 aromatic heterocycles. The van der Waals surface area contributed by atoms with Crippen LogP contribution in [0.5, 0.6) is 0 Å². The van der Waals surface area contributed by atoms with Crippen molar-refractivity contribution in [1.82, 2.24) is 0 Å². The van der Waals surface area contributed by atoms with Crippen LogP contribution >= 0.6 is 11.8 Å². The minimum atomic E-state index is -4.36. The van der Waals surface area contributed by atoms with Crippen LogP contribution in [0.4, 0.5) is 13.2 Å². The minimum Gasteiger partial charge on any atom is -0.423 e. The van der Waals surface area contributed by atoms with Gasteiger partial charge in [0.25, 0.3) is 0 Å². The van der Waals surface area contributed by atoms with E-state index in [2.05, 4.69) is 6.07 Å². The van der Waals surface area contributed by atoms with Gasteiger partial charge < -0.3 is 4.42 Å². The van der Waals surface area contributed by atoms with Crippen LogP contribution in [0.3, 0.4) is 0 Å². The summed E-state index contributed by atoms with van der Waals surface area (Å²) in [6.07, 6.45) is -1.29. The second-order valence-electron chi connectivity index (χ2n) is 6.38. The van der Waals surface area contributed by atoms with E-state index in [0.29, 0.717) is 16.2 Å². The Morgan fingerprint density at radius 3 is 2.58 bits per heavy atom. The highest BCUT2D eigenvalue weighted by molar-refractivity contribution is 7.98. The first-order chi connectivity index (χ1) is 12.4. The van der Waals surface area contributed by atoms with Crippen LogP contribution in [0.1, 0.15) is 28.7 Å². The molecule has 0 atom stereocenters. The third-order valence-electron chi connectivity index (χ3n) is 4.60. The van der Waals surface area contributed by atoms with Crippen molar-refractivity contribution in [3.05, 3.63) is 75.1 Å². The Morgan fingerprint density at radius 2 is 1.81 bits per heavy atom. The zero-order valence-electron chi connectivity index (χ0n) is 13.7. The fourth-order valence-corrected chi connectivity index (χ4v) is 4.28. The van der Waals surface area contributed by atoms with Gasteiger partial charge in [0.05, 0.1) is 5.56 Å². The van der Waals surface area contributed by atoms with Gasteiger partial charge in [-0.15, -0.1) is 11.8 Å². The zero-order chi connectivity index (χ0) is 18.3. The second-order valence-corrected chi connectivity index (χ2v) is 7.42. The van der Waals surface area contributed by atoms with Crippen molar-refractivity contribution in [2.45, 2.75) is 36.1 Å². The first kappa shape index (κ1) is 17.2. The molecule has 0 N–H and O–H groups in total. The molecule has 0 saturated carbocycles. The molecule has 2 aromatic carbocycles. The highest BCUT2D eigenvalue weighted by Crippen LogP contribution is 2.34. The van der Waals surface area contributed by atoms with E-state index >= 15 is 0 Å². The molecular formula is C20H15F3O2S. The van der Waals surface area contributed by atoms with Crippen molar-refractivity contribution >= 4 is 22.7 Å². The molecule has 134 valence electrons. The minimum absolute atomic E-state index is 0.405. The molecule has 6 heteroatoms. The van der Waals surface area contributed by atoms with Crippen molar-refractivity contribution in [2.75, 3.05) is 0 Å². The van der Waals surface area contributed by atoms with Crippen LogP contribution in [0.15, 0.2) is 56.6 Å². The van der Waals surface area contributed by atoms with Crippen molar-refractivity contribution in [1.29, 1.82) is 0 Å². The number of hydrogen-bond donors (Lipinski definition) is 0.